The molecule has 3 N–H and O–H groups in total. The minimum Gasteiger partial charge on any atom is -0.360 e. The van der Waals surface area contributed by atoms with Gasteiger partial charge < -0.3 is 4.98 Å². The molecule has 1 aromatic heterocycles. The van der Waals surface area contributed by atoms with Gasteiger partial charge >= 0.3 is 0 Å². The summed E-state index contributed by atoms with van der Waals surface area (Å²) in [6.45, 7) is 1.90. The van der Waals surface area contributed by atoms with Crippen molar-refractivity contribution in [3.05, 3.63) is 71.4 Å². The predicted molar refractivity (Wildman–Crippen MR) is 84.4 cm³/mol. The largest absolute Gasteiger partial charge is 0.360 e. The highest BCUT2D eigenvalue weighted by atomic mass is 16.2. The normalized spacial score (nSPS) is 10.4. The molecule has 5 nitrogen and oxygen atoms in total. The maximum atomic E-state index is 12.2. The van der Waals surface area contributed by atoms with E-state index in [4.69, 9.17) is 0 Å². The van der Waals surface area contributed by atoms with Gasteiger partial charge in [0.1, 0.15) is 0 Å². The molecule has 0 saturated heterocycles. The second kappa shape index (κ2) is 5.73. The van der Waals surface area contributed by atoms with E-state index in [1.165, 1.54) is 0 Å². The molecule has 0 radical (unpaired) electrons. The number of carbonyl (C=O) groups excluding carboxylic acids is 2. The van der Waals surface area contributed by atoms with Crippen LogP contribution in [-0.2, 0) is 0 Å². The number of carbonyl (C=O) groups is 2. The summed E-state index contributed by atoms with van der Waals surface area (Å²) < 4.78 is 0. The lowest BCUT2D eigenvalue weighted by atomic mass is 10.1. The highest BCUT2D eigenvalue weighted by Crippen LogP contribution is 2.17. The van der Waals surface area contributed by atoms with Crippen LogP contribution >= 0.6 is 0 Å². The third kappa shape index (κ3) is 2.69. The Morgan fingerprint density at radius 1 is 0.955 bits per heavy atom. The number of rotatable bonds is 2. The molecule has 0 atom stereocenters. The smallest absolute Gasteiger partial charge is 0.271 e. The van der Waals surface area contributed by atoms with Crippen LogP contribution in [0.5, 0.6) is 0 Å². The van der Waals surface area contributed by atoms with Crippen LogP contribution in [0.25, 0.3) is 10.9 Å². The van der Waals surface area contributed by atoms with E-state index < -0.39 is 0 Å². The van der Waals surface area contributed by atoms with Gasteiger partial charge in [-0.05, 0) is 25.1 Å². The lowest BCUT2D eigenvalue weighted by molar-refractivity contribution is 0.0847. The Morgan fingerprint density at radius 3 is 2.55 bits per heavy atom. The van der Waals surface area contributed by atoms with Crippen LogP contribution in [-0.4, -0.2) is 16.8 Å². The van der Waals surface area contributed by atoms with Gasteiger partial charge in [0.15, 0.2) is 0 Å². The molecule has 0 aliphatic carbocycles. The van der Waals surface area contributed by atoms with Crippen LogP contribution in [0.3, 0.4) is 0 Å². The zero-order chi connectivity index (χ0) is 15.5. The Balaban J connectivity index is 1.71. The molecule has 22 heavy (non-hydrogen) atoms. The molecule has 0 saturated carbocycles. The van der Waals surface area contributed by atoms with E-state index in [1.54, 1.807) is 24.4 Å². The number of H-pyrrole nitrogens is 1. The van der Waals surface area contributed by atoms with E-state index in [-0.39, 0.29) is 11.8 Å². The molecular weight excluding hydrogens is 278 g/mol. The molecule has 1 heterocycles. The van der Waals surface area contributed by atoms with Gasteiger partial charge in [-0.1, -0.05) is 35.9 Å². The highest BCUT2D eigenvalue weighted by molar-refractivity contribution is 6.07. The Labute approximate surface area is 127 Å². The van der Waals surface area contributed by atoms with Gasteiger partial charge in [-0.3, -0.25) is 20.4 Å². The standard InChI is InChI=1S/C17H15N3O2/c1-11-5-4-6-12(9-11)16(21)19-20-17(22)14-10-18-15-8-3-2-7-13(14)15/h2-10,18H,1H3,(H,19,21)(H,20,22). The summed E-state index contributed by atoms with van der Waals surface area (Å²) >= 11 is 0. The molecule has 5 heteroatoms. The van der Waals surface area contributed by atoms with E-state index >= 15 is 0 Å². The summed E-state index contributed by atoms with van der Waals surface area (Å²) in [7, 11) is 0. The van der Waals surface area contributed by atoms with Crippen LogP contribution in [0.15, 0.2) is 54.7 Å². The molecule has 2 amide bonds. The number of nitrogens with one attached hydrogen (secondary N) is 3. The summed E-state index contributed by atoms with van der Waals surface area (Å²) in [5.41, 5.74) is 7.70. The quantitative estimate of drug-likeness (QED) is 0.635. The lowest BCUT2D eigenvalue weighted by Gasteiger charge is -2.07. The number of aryl methyl sites for hydroxylation is 1. The topological polar surface area (TPSA) is 74.0 Å². The number of hydrogen-bond acceptors (Lipinski definition) is 2. The minimum atomic E-state index is -0.363. The van der Waals surface area contributed by atoms with Gasteiger partial charge in [0.05, 0.1) is 5.56 Å². The maximum absolute atomic E-state index is 12.2. The fourth-order valence-corrected chi connectivity index (χ4v) is 2.30. The Hall–Kier alpha value is -3.08. The summed E-state index contributed by atoms with van der Waals surface area (Å²) in [5, 5.41) is 0.810. The molecule has 0 aliphatic rings. The number of amides is 2. The van der Waals surface area contributed by atoms with Crippen molar-refractivity contribution >= 4 is 22.7 Å². The molecule has 0 aliphatic heterocycles. The first kappa shape index (κ1) is 13.9. The van der Waals surface area contributed by atoms with E-state index in [9.17, 15) is 9.59 Å². The number of aromatic nitrogens is 1. The molecule has 0 fully saturated rings. The molecule has 3 aromatic rings. The fraction of sp³-hybridized carbons (Fsp3) is 0.0588. The first-order valence-electron chi connectivity index (χ1n) is 6.88. The second-order valence-corrected chi connectivity index (χ2v) is 5.03. The Bertz CT molecular complexity index is 852. The Kier molecular flexibility index (Phi) is 3.62. The SMILES string of the molecule is Cc1cccc(C(=O)NNC(=O)c2c[nH]c3ccccc23)c1. The van der Waals surface area contributed by atoms with Gasteiger partial charge in [0.25, 0.3) is 11.8 Å². The molecule has 3 rings (SSSR count). The van der Waals surface area contributed by atoms with Gasteiger partial charge in [0, 0.05) is 22.7 Å². The number of benzene rings is 2. The molecule has 110 valence electrons. The average Bonchev–Trinajstić information content (AvgIpc) is 2.96. The van der Waals surface area contributed by atoms with Crippen molar-refractivity contribution < 1.29 is 9.59 Å². The van der Waals surface area contributed by atoms with Crippen LogP contribution in [0, 0.1) is 6.92 Å². The van der Waals surface area contributed by atoms with Crippen molar-refractivity contribution in [2.75, 3.05) is 0 Å². The zero-order valence-corrected chi connectivity index (χ0v) is 12.0. The van der Waals surface area contributed by atoms with Crippen molar-refractivity contribution in [3.63, 3.8) is 0 Å². The van der Waals surface area contributed by atoms with Crippen molar-refractivity contribution in [3.8, 4) is 0 Å². The molecule has 0 unspecified atom stereocenters. The predicted octanol–water partition coefficient (Wildman–Crippen LogP) is 2.55. The number of hydrazine groups is 1. The number of hydrogen-bond donors (Lipinski definition) is 3. The lowest BCUT2D eigenvalue weighted by Crippen LogP contribution is -2.41. The van der Waals surface area contributed by atoms with E-state index in [0.717, 1.165) is 16.5 Å². The zero-order valence-electron chi connectivity index (χ0n) is 12.0. The van der Waals surface area contributed by atoms with Crippen LogP contribution < -0.4 is 10.9 Å². The van der Waals surface area contributed by atoms with Gasteiger partial charge in [0.2, 0.25) is 0 Å². The first-order chi connectivity index (χ1) is 10.6. The van der Waals surface area contributed by atoms with Crippen molar-refractivity contribution in [1.29, 1.82) is 0 Å². The van der Waals surface area contributed by atoms with Gasteiger partial charge in [-0.15, -0.1) is 0 Å². The molecule has 2 aromatic carbocycles. The van der Waals surface area contributed by atoms with Gasteiger partial charge in [-0.2, -0.15) is 0 Å². The highest BCUT2D eigenvalue weighted by Gasteiger charge is 2.13. The summed E-state index contributed by atoms with van der Waals surface area (Å²) in [5.74, 6) is -0.713. The van der Waals surface area contributed by atoms with Crippen LogP contribution in [0.1, 0.15) is 26.3 Å². The third-order valence-electron chi connectivity index (χ3n) is 3.40. The number of aromatic amines is 1. The van der Waals surface area contributed by atoms with Crippen molar-refractivity contribution in [2.24, 2.45) is 0 Å². The summed E-state index contributed by atoms with van der Waals surface area (Å²) in [6.07, 6.45) is 1.62. The first-order valence-corrected chi connectivity index (χ1v) is 6.88. The van der Waals surface area contributed by atoms with E-state index in [0.29, 0.717) is 11.1 Å². The van der Waals surface area contributed by atoms with Crippen molar-refractivity contribution in [1.82, 2.24) is 15.8 Å². The number of para-hydroxylation sites is 1. The maximum Gasteiger partial charge on any atom is 0.271 e. The average molecular weight is 293 g/mol. The molecule has 0 bridgehead atoms. The third-order valence-corrected chi connectivity index (χ3v) is 3.40. The summed E-state index contributed by atoms with van der Waals surface area (Å²) in [4.78, 5) is 27.2. The minimum absolute atomic E-state index is 0.350. The van der Waals surface area contributed by atoms with Crippen LogP contribution in [0.2, 0.25) is 0 Å². The number of fused-ring (bicyclic) bond motifs is 1. The molecular formula is C17H15N3O2. The van der Waals surface area contributed by atoms with Crippen molar-refractivity contribution in [2.45, 2.75) is 6.92 Å². The van der Waals surface area contributed by atoms with Crippen LogP contribution in [0.4, 0.5) is 0 Å². The fourth-order valence-electron chi connectivity index (χ4n) is 2.30. The van der Waals surface area contributed by atoms with Gasteiger partial charge in [-0.25, -0.2) is 0 Å². The monoisotopic (exact) mass is 293 g/mol. The molecule has 0 spiro atoms. The summed E-state index contributed by atoms with van der Waals surface area (Å²) in [6, 6.07) is 14.6. The van der Waals surface area contributed by atoms with E-state index in [1.807, 2.05) is 37.3 Å². The Morgan fingerprint density at radius 2 is 1.73 bits per heavy atom. The van der Waals surface area contributed by atoms with E-state index in [2.05, 4.69) is 15.8 Å². The second-order valence-electron chi connectivity index (χ2n) is 5.03.